The molecule has 0 bridgehead atoms. The van der Waals surface area contributed by atoms with Gasteiger partial charge in [-0.15, -0.1) is 0 Å². The van der Waals surface area contributed by atoms with Crippen LogP contribution in [0.2, 0.25) is 0 Å². The fraction of sp³-hybridized carbons (Fsp3) is 0.640. The summed E-state index contributed by atoms with van der Waals surface area (Å²) >= 11 is 0. The minimum atomic E-state index is -0.473. The van der Waals surface area contributed by atoms with Gasteiger partial charge in [-0.25, -0.2) is 9.78 Å². The smallest absolute Gasteiger partial charge is 0.410 e. The van der Waals surface area contributed by atoms with E-state index in [9.17, 15) is 9.59 Å². The van der Waals surface area contributed by atoms with Crippen molar-refractivity contribution in [1.82, 2.24) is 15.2 Å². The predicted octanol–water partition coefficient (Wildman–Crippen LogP) is 3.40. The van der Waals surface area contributed by atoms with Crippen LogP contribution < -0.4 is 10.1 Å². The van der Waals surface area contributed by atoms with Crippen molar-refractivity contribution in [3.63, 3.8) is 0 Å². The molecule has 2 N–H and O–H groups in total. The Balaban J connectivity index is 1.41. The number of allylic oxidation sites excluding steroid dienone is 2. The summed E-state index contributed by atoms with van der Waals surface area (Å²) in [6, 6.07) is 3.91. The Bertz CT molecular complexity index is 823. The first kappa shape index (κ1) is 25.0. The molecule has 1 aliphatic heterocycles. The molecule has 182 valence electrons. The van der Waals surface area contributed by atoms with E-state index in [1.165, 1.54) is 5.57 Å². The highest BCUT2D eigenvalue weighted by molar-refractivity contribution is 5.80. The number of nitrogens with one attached hydrogen (secondary N) is 1. The summed E-state index contributed by atoms with van der Waals surface area (Å²) in [5.74, 6) is 0.974. The average molecular weight is 460 g/mol. The van der Waals surface area contributed by atoms with E-state index in [-0.39, 0.29) is 24.5 Å². The largest absolute Gasteiger partial charge is 0.477 e. The Kier molecular flexibility index (Phi) is 8.72. The van der Waals surface area contributed by atoms with Crippen LogP contribution >= 0.6 is 0 Å². The molecule has 8 nitrogen and oxygen atoms in total. The van der Waals surface area contributed by atoms with Gasteiger partial charge in [-0.1, -0.05) is 6.08 Å². The number of carbonyl (C=O) groups excluding carboxylic acids is 2. The quantitative estimate of drug-likeness (QED) is 0.648. The number of carbonyl (C=O) groups is 2. The van der Waals surface area contributed by atoms with Crippen molar-refractivity contribution in [2.45, 2.75) is 58.5 Å². The lowest BCUT2D eigenvalue weighted by Gasteiger charge is -2.33. The number of amides is 2. The molecule has 0 radical (unpaired) electrons. The summed E-state index contributed by atoms with van der Waals surface area (Å²) in [7, 11) is 0. The number of aliphatic hydroxyl groups is 1. The van der Waals surface area contributed by atoms with Gasteiger partial charge in [0.25, 0.3) is 0 Å². The van der Waals surface area contributed by atoms with Crippen molar-refractivity contribution < 1.29 is 24.2 Å². The van der Waals surface area contributed by atoms with Gasteiger partial charge in [0.15, 0.2) is 0 Å². The first-order valence-corrected chi connectivity index (χ1v) is 11.9. The van der Waals surface area contributed by atoms with Crippen LogP contribution in [-0.4, -0.2) is 65.4 Å². The first-order chi connectivity index (χ1) is 15.7. The Morgan fingerprint density at radius 2 is 1.97 bits per heavy atom. The molecule has 1 saturated heterocycles. The molecular weight excluding hydrogens is 422 g/mol. The standard InChI is InChI=1S/C25H37N3O5/c1-25(2,3)33-24(31)28-13-10-18(11-14-28)17-32-22-9-8-21(16-27-22)19-4-6-20(7-5-19)23(30)26-12-15-29/h4,8-9,16,18,20,29H,5-7,10-15,17H2,1-3H3,(H,26,30). The van der Waals surface area contributed by atoms with Crippen LogP contribution in [0.1, 0.15) is 58.4 Å². The Morgan fingerprint density at radius 3 is 2.55 bits per heavy atom. The molecule has 1 aromatic rings. The number of aromatic nitrogens is 1. The highest BCUT2D eigenvalue weighted by Gasteiger charge is 2.27. The number of aliphatic hydroxyl groups excluding tert-OH is 1. The van der Waals surface area contributed by atoms with E-state index in [4.69, 9.17) is 14.6 Å². The second kappa shape index (κ2) is 11.5. The normalized spacial score (nSPS) is 19.6. The number of hydrogen-bond acceptors (Lipinski definition) is 6. The van der Waals surface area contributed by atoms with Crippen molar-refractivity contribution in [2.24, 2.45) is 11.8 Å². The summed E-state index contributed by atoms with van der Waals surface area (Å²) in [6.07, 6.45) is 7.80. The molecule has 1 unspecified atom stereocenters. The molecule has 0 saturated carbocycles. The Morgan fingerprint density at radius 1 is 1.21 bits per heavy atom. The zero-order valence-electron chi connectivity index (χ0n) is 20.0. The van der Waals surface area contributed by atoms with E-state index in [1.807, 2.05) is 39.1 Å². The topological polar surface area (TPSA) is 101 Å². The third-order valence-electron chi connectivity index (χ3n) is 6.03. The molecule has 33 heavy (non-hydrogen) atoms. The van der Waals surface area contributed by atoms with E-state index in [0.29, 0.717) is 44.5 Å². The van der Waals surface area contributed by atoms with E-state index >= 15 is 0 Å². The lowest BCUT2D eigenvalue weighted by Crippen LogP contribution is -2.42. The molecule has 2 aliphatic rings. The van der Waals surface area contributed by atoms with Crippen LogP contribution in [0.25, 0.3) is 5.57 Å². The lowest BCUT2D eigenvalue weighted by molar-refractivity contribution is -0.125. The minimum absolute atomic E-state index is 0.0122. The number of rotatable bonds is 7. The predicted molar refractivity (Wildman–Crippen MR) is 126 cm³/mol. The van der Waals surface area contributed by atoms with Crippen LogP contribution in [0, 0.1) is 11.8 Å². The van der Waals surface area contributed by atoms with Gasteiger partial charge in [-0.3, -0.25) is 4.79 Å². The third-order valence-corrected chi connectivity index (χ3v) is 6.03. The van der Waals surface area contributed by atoms with E-state index in [0.717, 1.165) is 31.2 Å². The molecule has 1 atom stereocenters. The molecule has 1 fully saturated rings. The number of hydrogen-bond donors (Lipinski definition) is 2. The molecule has 3 rings (SSSR count). The summed E-state index contributed by atoms with van der Waals surface area (Å²) in [4.78, 5) is 30.5. The SMILES string of the molecule is CC(C)(C)OC(=O)N1CCC(COc2ccc(C3=CCC(C(=O)NCCO)CC3)cn2)CC1. The monoisotopic (exact) mass is 459 g/mol. The van der Waals surface area contributed by atoms with Gasteiger partial charge in [-0.05, 0) is 76.0 Å². The number of likely N-dealkylation sites (tertiary alicyclic amines) is 1. The maximum Gasteiger partial charge on any atom is 0.410 e. The van der Waals surface area contributed by atoms with E-state index in [1.54, 1.807) is 4.90 Å². The summed E-state index contributed by atoms with van der Waals surface area (Å²) in [6.45, 7) is 7.86. The fourth-order valence-electron chi connectivity index (χ4n) is 4.13. The zero-order chi connectivity index (χ0) is 23.8. The van der Waals surface area contributed by atoms with Crippen LogP contribution in [0.3, 0.4) is 0 Å². The average Bonchev–Trinajstić information content (AvgIpc) is 2.81. The van der Waals surface area contributed by atoms with Crippen LogP contribution in [0.4, 0.5) is 4.79 Å². The molecule has 2 heterocycles. The van der Waals surface area contributed by atoms with Gasteiger partial charge in [0.1, 0.15) is 5.60 Å². The van der Waals surface area contributed by atoms with Crippen LogP contribution in [0.5, 0.6) is 5.88 Å². The maximum absolute atomic E-state index is 12.2. The summed E-state index contributed by atoms with van der Waals surface area (Å²) in [5.41, 5.74) is 1.79. The highest BCUT2D eigenvalue weighted by atomic mass is 16.6. The number of pyridine rings is 1. The van der Waals surface area contributed by atoms with Gasteiger partial charge >= 0.3 is 6.09 Å². The van der Waals surface area contributed by atoms with E-state index < -0.39 is 5.60 Å². The second-order valence-electron chi connectivity index (χ2n) is 9.82. The van der Waals surface area contributed by atoms with Crippen molar-refractivity contribution in [3.05, 3.63) is 30.0 Å². The lowest BCUT2D eigenvalue weighted by atomic mass is 9.86. The minimum Gasteiger partial charge on any atom is -0.477 e. The molecule has 0 spiro atoms. The maximum atomic E-state index is 12.2. The van der Waals surface area contributed by atoms with Gasteiger partial charge in [-0.2, -0.15) is 0 Å². The fourth-order valence-corrected chi connectivity index (χ4v) is 4.13. The molecular formula is C25H37N3O5. The van der Waals surface area contributed by atoms with Crippen molar-refractivity contribution in [2.75, 3.05) is 32.8 Å². The molecule has 2 amide bonds. The number of nitrogens with zero attached hydrogens (tertiary/aromatic N) is 2. The molecule has 1 aliphatic carbocycles. The second-order valence-corrected chi connectivity index (χ2v) is 9.82. The molecule has 8 heteroatoms. The third kappa shape index (κ3) is 7.74. The van der Waals surface area contributed by atoms with Gasteiger partial charge < -0.3 is 24.8 Å². The van der Waals surface area contributed by atoms with Crippen molar-refractivity contribution in [1.29, 1.82) is 0 Å². The molecule has 1 aromatic heterocycles. The Labute approximate surface area is 196 Å². The Hall–Kier alpha value is -2.61. The van der Waals surface area contributed by atoms with Gasteiger partial charge in [0.2, 0.25) is 11.8 Å². The highest BCUT2D eigenvalue weighted by Crippen LogP contribution is 2.30. The first-order valence-electron chi connectivity index (χ1n) is 11.9. The molecule has 0 aromatic carbocycles. The summed E-state index contributed by atoms with van der Waals surface area (Å²) in [5, 5.41) is 11.6. The number of ether oxygens (including phenoxy) is 2. The van der Waals surface area contributed by atoms with Crippen LogP contribution in [0.15, 0.2) is 24.4 Å². The van der Waals surface area contributed by atoms with E-state index in [2.05, 4.69) is 16.4 Å². The van der Waals surface area contributed by atoms with Crippen LogP contribution in [-0.2, 0) is 9.53 Å². The summed E-state index contributed by atoms with van der Waals surface area (Å²) < 4.78 is 11.4. The van der Waals surface area contributed by atoms with Crippen molar-refractivity contribution >= 4 is 17.6 Å². The van der Waals surface area contributed by atoms with Gasteiger partial charge in [0.05, 0.1) is 13.2 Å². The number of piperidine rings is 1. The van der Waals surface area contributed by atoms with Gasteiger partial charge in [0, 0.05) is 37.8 Å². The van der Waals surface area contributed by atoms with Crippen molar-refractivity contribution in [3.8, 4) is 5.88 Å². The zero-order valence-corrected chi connectivity index (χ0v) is 20.0.